The standard InChI is InChI=1S/C16H20N4O4/c1-9-6-13(20(22)23)7-10(2)16(9)24-8-14(21)17-15-11(3)18-19(5)12(15)4/h6-7H,8H2,1-5H3,(H,17,21). The van der Waals surface area contributed by atoms with Crippen LogP contribution in [0.1, 0.15) is 22.5 Å². The third-order valence-electron chi connectivity index (χ3n) is 3.78. The number of carbonyl (C=O) groups is 1. The van der Waals surface area contributed by atoms with Crippen LogP contribution in [-0.2, 0) is 11.8 Å². The molecule has 0 bridgehead atoms. The Hall–Kier alpha value is -2.90. The molecular formula is C16H20N4O4. The molecule has 0 spiro atoms. The molecule has 1 amide bonds. The molecule has 0 aliphatic rings. The Morgan fingerprint density at radius 1 is 1.29 bits per heavy atom. The molecule has 1 heterocycles. The number of nitrogens with one attached hydrogen (secondary N) is 1. The molecule has 0 saturated carbocycles. The minimum Gasteiger partial charge on any atom is -0.483 e. The fourth-order valence-electron chi connectivity index (χ4n) is 2.53. The van der Waals surface area contributed by atoms with E-state index in [1.165, 1.54) is 12.1 Å². The van der Waals surface area contributed by atoms with Crippen molar-refractivity contribution >= 4 is 17.3 Å². The van der Waals surface area contributed by atoms with E-state index >= 15 is 0 Å². The number of ether oxygens (including phenoxy) is 1. The van der Waals surface area contributed by atoms with Gasteiger partial charge in [-0.15, -0.1) is 0 Å². The minimum atomic E-state index is -0.454. The molecule has 0 atom stereocenters. The third kappa shape index (κ3) is 3.53. The van der Waals surface area contributed by atoms with E-state index in [9.17, 15) is 14.9 Å². The second-order valence-corrected chi connectivity index (χ2v) is 5.67. The van der Waals surface area contributed by atoms with Crippen LogP contribution < -0.4 is 10.1 Å². The number of anilines is 1. The number of hydrogen-bond donors (Lipinski definition) is 1. The number of benzene rings is 1. The first-order chi connectivity index (χ1) is 11.2. The summed E-state index contributed by atoms with van der Waals surface area (Å²) in [5, 5.41) is 17.9. The average molecular weight is 332 g/mol. The zero-order valence-electron chi connectivity index (χ0n) is 14.3. The van der Waals surface area contributed by atoms with Crippen LogP contribution in [0.5, 0.6) is 5.75 Å². The van der Waals surface area contributed by atoms with Crippen LogP contribution in [-0.4, -0.2) is 27.2 Å². The molecule has 128 valence electrons. The highest BCUT2D eigenvalue weighted by atomic mass is 16.6. The highest BCUT2D eigenvalue weighted by Crippen LogP contribution is 2.28. The molecule has 1 aromatic carbocycles. The van der Waals surface area contributed by atoms with Crippen molar-refractivity contribution in [2.45, 2.75) is 27.7 Å². The Balaban J connectivity index is 2.08. The van der Waals surface area contributed by atoms with Crippen LogP contribution >= 0.6 is 0 Å². The van der Waals surface area contributed by atoms with Crippen molar-refractivity contribution in [3.05, 3.63) is 44.8 Å². The summed E-state index contributed by atoms with van der Waals surface area (Å²) >= 11 is 0. The quantitative estimate of drug-likeness (QED) is 0.670. The fraction of sp³-hybridized carbons (Fsp3) is 0.375. The first-order valence-electron chi connectivity index (χ1n) is 7.39. The van der Waals surface area contributed by atoms with Gasteiger partial charge in [-0.25, -0.2) is 0 Å². The number of amides is 1. The van der Waals surface area contributed by atoms with Gasteiger partial charge < -0.3 is 10.1 Å². The van der Waals surface area contributed by atoms with E-state index in [1.54, 1.807) is 25.6 Å². The van der Waals surface area contributed by atoms with Crippen LogP contribution in [0.4, 0.5) is 11.4 Å². The fourth-order valence-corrected chi connectivity index (χ4v) is 2.53. The highest BCUT2D eigenvalue weighted by Gasteiger charge is 2.16. The SMILES string of the molecule is Cc1cc([N+](=O)[O-])cc(C)c1OCC(=O)Nc1c(C)nn(C)c1C. The Morgan fingerprint density at radius 3 is 2.33 bits per heavy atom. The molecule has 2 rings (SSSR count). The maximum Gasteiger partial charge on any atom is 0.270 e. The summed E-state index contributed by atoms with van der Waals surface area (Å²) in [7, 11) is 1.80. The lowest BCUT2D eigenvalue weighted by atomic mass is 10.1. The van der Waals surface area contributed by atoms with Crippen LogP contribution in [0, 0.1) is 37.8 Å². The number of aromatic nitrogens is 2. The normalized spacial score (nSPS) is 10.5. The first kappa shape index (κ1) is 17.5. The lowest BCUT2D eigenvalue weighted by molar-refractivity contribution is -0.385. The molecule has 8 nitrogen and oxygen atoms in total. The van der Waals surface area contributed by atoms with Crippen molar-refractivity contribution in [2.75, 3.05) is 11.9 Å². The topological polar surface area (TPSA) is 99.3 Å². The molecule has 2 aromatic rings. The van der Waals surface area contributed by atoms with Crippen molar-refractivity contribution in [2.24, 2.45) is 7.05 Å². The number of nitrogens with zero attached hydrogens (tertiary/aromatic N) is 3. The van der Waals surface area contributed by atoms with Gasteiger partial charge in [0.05, 0.1) is 22.0 Å². The van der Waals surface area contributed by atoms with Gasteiger partial charge in [0.25, 0.3) is 11.6 Å². The molecule has 24 heavy (non-hydrogen) atoms. The maximum absolute atomic E-state index is 12.1. The maximum atomic E-state index is 12.1. The molecule has 8 heteroatoms. The van der Waals surface area contributed by atoms with Gasteiger partial charge in [-0.05, 0) is 38.8 Å². The summed E-state index contributed by atoms with van der Waals surface area (Å²) in [6.45, 7) is 6.91. The van der Waals surface area contributed by atoms with E-state index in [0.29, 0.717) is 22.6 Å². The molecule has 0 aliphatic heterocycles. The van der Waals surface area contributed by atoms with E-state index < -0.39 is 4.92 Å². The summed E-state index contributed by atoms with van der Waals surface area (Å²) in [4.78, 5) is 22.5. The van der Waals surface area contributed by atoms with E-state index in [0.717, 1.165) is 11.4 Å². The summed E-state index contributed by atoms with van der Waals surface area (Å²) in [5.41, 5.74) is 3.48. The summed E-state index contributed by atoms with van der Waals surface area (Å²) < 4.78 is 7.25. The molecule has 1 aromatic heterocycles. The predicted molar refractivity (Wildman–Crippen MR) is 89.4 cm³/mol. The number of nitro groups is 1. The largest absolute Gasteiger partial charge is 0.483 e. The number of hydrogen-bond acceptors (Lipinski definition) is 5. The van der Waals surface area contributed by atoms with E-state index in [2.05, 4.69) is 10.4 Å². The van der Waals surface area contributed by atoms with Gasteiger partial charge in [-0.3, -0.25) is 19.6 Å². The van der Waals surface area contributed by atoms with Crippen molar-refractivity contribution in [1.29, 1.82) is 0 Å². The van der Waals surface area contributed by atoms with Gasteiger partial charge in [0, 0.05) is 19.2 Å². The summed E-state index contributed by atoms with van der Waals surface area (Å²) in [6, 6.07) is 2.85. The van der Waals surface area contributed by atoms with Crippen LogP contribution in [0.15, 0.2) is 12.1 Å². The number of rotatable bonds is 5. The molecule has 0 aliphatic carbocycles. The molecular weight excluding hydrogens is 312 g/mol. The van der Waals surface area contributed by atoms with E-state index in [4.69, 9.17) is 4.74 Å². The Bertz CT molecular complexity index is 788. The van der Waals surface area contributed by atoms with Gasteiger partial charge in [0.2, 0.25) is 0 Å². The lowest BCUT2D eigenvalue weighted by Crippen LogP contribution is -2.21. The second-order valence-electron chi connectivity index (χ2n) is 5.67. The van der Waals surface area contributed by atoms with Gasteiger partial charge in [-0.1, -0.05) is 0 Å². The van der Waals surface area contributed by atoms with Gasteiger partial charge in [0.15, 0.2) is 6.61 Å². The predicted octanol–water partition coefficient (Wildman–Crippen LogP) is 2.58. The van der Waals surface area contributed by atoms with Crippen LogP contribution in [0.3, 0.4) is 0 Å². The zero-order valence-corrected chi connectivity index (χ0v) is 14.3. The monoisotopic (exact) mass is 332 g/mol. The smallest absolute Gasteiger partial charge is 0.270 e. The van der Waals surface area contributed by atoms with Crippen molar-refractivity contribution in [1.82, 2.24) is 9.78 Å². The lowest BCUT2D eigenvalue weighted by Gasteiger charge is -2.12. The zero-order chi connectivity index (χ0) is 18.0. The van der Waals surface area contributed by atoms with Gasteiger partial charge in [0.1, 0.15) is 5.75 Å². The first-order valence-corrected chi connectivity index (χ1v) is 7.39. The average Bonchev–Trinajstić information content (AvgIpc) is 2.72. The Kier molecular flexibility index (Phi) is 4.87. The van der Waals surface area contributed by atoms with Gasteiger partial charge >= 0.3 is 0 Å². The van der Waals surface area contributed by atoms with Gasteiger partial charge in [-0.2, -0.15) is 5.10 Å². The number of aryl methyl sites for hydroxylation is 4. The second kappa shape index (κ2) is 6.69. The molecule has 0 unspecified atom stereocenters. The Morgan fingerprint density at radius 2 is 1.88 bits per heavy atom. The van der Waals surface area contributed by atoms with Crippen molar-refractivity contribution in [3.8, 4) is 5.75 Å². The highest BCUT2D eigenvalue weighted by molar-refractivity contribution is 5.93. The summed E-state index contributed by atoms with van der Waals surface area (Å²) in [5.74, 6) is 0.168. The molecule has 0 saturated heterocycles. The molecule has 0 radical (unpaired) electrons. The van der Waals surface area contributed by atoms with Crippen molar-refractivity contribution < 1.29 is 14.5 Å². The van der Waals surface area contributed by atoms with Crippen LogP contribution in [0.25, 0.3) is 0 Å². The third-order valence-corrected chi connectivity index (χ3v) is 3.78. The molecule has 1 N–H and O–H groups in total. The van der Waals surface area contributed by atoms with E-state index in [-0.39, 0.29) is 18.2 Å². The Labute approximate surface area is 139 Å². The minimum absolute atomic E-state index is 0.00316. The number of non-ortho nitro benzene ring substituents is 1. The van der Waals surface area contributed by atoms with Crippen LogP contribution in [0.2, 0.25) is 0 Å². The number of nitro benzene ring substituents is 1. The van der Waals surface area contributed by atoms with E-state index in [1.807, 2.05) is 13.8 Å². The molecule has 0 fully saturated rings. The summed E-state index contributed by atoms with van der Waals surface area (Å²) in [6.07, 6.45) is 0. The number of carbonyl (C=O) groups excluding carboxylic acids is 1. The van der Waals surface area contributed by atoms with Crippen molar-refractivity contribution in [3.63, 3.8) is 0 Å².